The molecule has 1 fully saturated rings. The Kier molecular flexibility index (Phi) is 10.3. The summed E-state index contributed by atoms with van der Waals surface area (Å²) in [5, 5.41) is 15.1. The van der Waals surface area contributed by atoms with Gasteiger partial charge in [-0.05, 0) is 58.1 Å². The maximum absolute atomic E-state index is 11.3. The summed E-state index contributed by atoms with van der Waals surface area (Å²) in [7, 11) is 0. The van der Waals surface area contributed by atoms with Gasteiger partial charge < -0.3 is 25.2 Å². The Labute approximate surface area is 256 Å². The number of carbonyl (C=O) groups excluding carboxylic acids is 2. The highest BCUT2D eigenvalue weighted by atomic mass is 32.2. The summed E-state index contributed by atoms with van der Waals surface area (Å²) in [5.74, 6) is 0.592. The molecule has 2 amide bonds. The Bertz CT molecular complexity index is 1520. The van der Waals surface area contributed by atoms with Crippen molar-refractivity contribution < 1.29 is 24.2 Å². The molecule has 0 bridgehead atoms. The van der Waals surface area contributed by atoms with Crippen molar-refractivity contribution in [3.05, 3.63) is 119 Å². The molecule has 0 spiro atoms. The van der Waals surface area contributed by atoms with Crippen molar-refractivity contribution in [2.24, 2.45) is 0 Å². The van der Waals surface area contributed by atoms with Gasteiger partial charge in [0.15, 0.2) is 6.29 Å². The number of rotatable bonds is 10. The zero-order valence-corrected chi connectivity index (χ0v) is 25.1. The summed E-state index contributed by atoms with van der Waals surface area (Å²) >= 11 is 1.71. The first-order valence-electron chi connectivity index (χ1n) is 14.3. The van der Waals surface area contributed by atoms with Crippen molar-refractivity contribution in [3.63, 3.8) is 0 Å². The van der Waals surface area contributed by atoms with Gasteiger partial charge in [0.1, 0.15) is 0 Å². The molecule has 7 nitrogen and oxygen atoms in total. The molecule has 0 aromatic heterocycles. The van der Waals surface area contributed by atoms with Crippen LogP contribution in [0.2, 0.25) is 0 Å². The van der Waals surface area contributed by atoms with E-state index in [2.05, 4.69) is 34.9 Å². The van der Waals surface area contributed by atoms with Gasteiger partial charge in [0.25, 0.3) is 0 Å². The van der Waals surface area contributed by atoms with Crippen LogP contribution in [-0.4, -0.2) is 28.8 Å². The number of amides is 2. The van der Waals surface area contributed by atoms with Gasteiger partial charge in [-0.1, -0.05) is 66.7 Å². The number of thioether (sulfide) groups is 1. The molecule has 8 heteroatoms. The highest BCUT2D eigenvalue weighted by Crippen LogP contribution is 2.40. The Morgan fingerprint density at radius 1 is 0.814 bits per heavy atom. The van der Waals surface area contributed by atoms with Crippen LogP contribution in [0.4, 0.5) is 5.69 Å². The van der Waals surface area contributed by atoms with Crippen LogP contribution in [-0.2, 0) is 32.2 Å². The van der Waals surface area contributed by atoms with Crippen LogP contribution in [0.1, 0.15) is 54.9 Å². The second-order valence-electron chi connectivity index (χ2n) is 10.6. The van der Waals surface area contributed by atoms with Gasteiger partial charge in [-0.25, -0.2) is 0 Å². The second kappa shape index (κ2) is 14.5. The molecule has 4 aromatic carbocycles. The summed E-state index contributed by atoms with van der Waals surface area (Å²) in [6.45, 7) is 3.50. The van der Waals surface area contributed by atoms with Crippen molar-refractivity contribution in [2.75, 3.05) is 11.1 Å². The molecule has 1 saturated heterocycles. The topological polar surface area (TPSA) is 96.9 Å². The number of anilines is 1. The zero-order chi connectivity index (χ0) is 30.2. The number of hydrogen-bond donors (Lipinski definition) is 3. The normalized spacial score (nSPS) is 18.2. The molecule has 4 aromatic rings. The molecule has 1 heterocycles. The van der Waals surface area contributed by atoms with Crippen molar-refractivity contribution in [2.45, 2.75) is 56.8 Å². The van der Waals surface area contributed by atoms with E-state index < -0.39 is 6.29 Å². The minimum atomic E-state index is -0.538. The summed E-state index contributed by atoms with van der Waals surface area (Å²) in [5.41, 5.74) is 6.79. The van der Waals surface area contributed by atoms with Crippen LogP contribution >= 0.6 is 11.8 Å². The molecule has 1 aliphatic heterocycles. The fourth-order valence-electron chi connectivity index (χ4n) is 4.97. The maximum Gasteiger partial charge on any atom is 0.221 e. The van der Waals surface area contributed by atoms with Gasteiger partial charge in [-0.3, -0.25) is 9.59 Å². The first-order chi connectivity index (χ1) is 20.9. The SMILES string of the molecule is CC(=O)NCc1cccc(-c2ccc(C3OC(CSc4ccc(NC(C)=O)cc4)CC(c4ccc(CO)cc4)O3)cc2)c1. The van der Waals surface area contributed by atoms with Gasteiger partial charge in [-0.2, -0.15) is 0 Å². The molecule has 3 atom stereocenters. The number of nitrogens with one attached hydrogen (secondary N) is 2. The molecule has 1 aliphatic rings. The van der Waals surface area contributed by atoms with E-state index in [-0.39, 0.29) is 30.6 Å². The van der Waals surface area contributed by atoms with Crippen LogP contribution in [0.5, 0.6) is 0 Å². The van der Waals surface area contributed by atoms with Crippen LogP contribution in [0.25, 0.3) is 11.1 Å². The molecule has 3 unspecified atom stereocenters. The molecule has 0 aliphatic carbocycles. The van der Waals surface area contributed by atoms with Crippen molar-refractivity contribution in [3.8, 4) is 11.1 Å². The Balaban J connectivity index is 1.31. The first kappa shape index (κ1) is 30.5. The van der Waals surface area contributed by atoms with Crippen LogP contribution in [0, 0.1) is 0 Å². The zero-order valence-electron chi connectivity index (χ0n) is 24.3. The lowest BCUT2D eigenvalue weighted by Crippen LogP contribution is -2.31. The van der Waals surface area contributed by atoms with Gasteiger partial charge >= 0.3 is 0 Å². The van der Waals surface area contributed by atoms with E-state index in [1.165, 1.54) is 13.8 Å². The van der Waals surface area contributed by atoms with E-state index in [0.29, 0.717) is 13.0 Å². The number of benzene rings is 4. The second-order valence-corrected chi connectivity index (χ2v) is 11.7. The molecule has 43 heavy (non-hydrogen) atoms. The number of carbonyl (C=O) groups is 2. The molecule has 0 saturated carbocycles. The van der Waals surface area contributed by atoms with Crippen LogP contribution in [0.3, 0.4) is 0 Å². The monoisotopic (exact) mass is 596 g/mol. The largest absolute Gasteiger partial charge is 0.392 e. The van der Waals surface area contributed by atoms with E-state index in [9.17, 15) is 14.7 Å². The van der Waals surface area contributed by atoms with Gasteiger partial charge in [0.05, 0.1) is 18.8 Å². The molecule has 0 radical (unpaired) electrons. The minimum Gasteiger partial charge on any atom is -0.392 e. The van der Waals surface area contributed by atoms with Crippen molar-refractivity contribution >= 4 is 29.3 Å². The third kappa shape index (κ3) is 8.55. The van der Waals surface area contributed by atoms with Crippen molar-refractivity contribution in [1.82, 2.24) is 5.32 Å². The molecular formula is C35H36N2O5S. The number of hydrogen-bond acceptors (Lipinski definition) is 6. The molecule has 3 N–H and O–H groups in total. The smallest absolute Gasteiger partial charge is 0.221 e. The average Bonchev–Trinajstić information content (AvgIpc) is 3.03. The fraction of sp³-hybridized carbons (Fsp3) is 0.257. The predicted octanol–water partition coefficient (Wildman–Crippen LogP) is 6.78. The lowest BCUT2D eigenvalue weighted by atomic mass is 9.99. The standard InChI is InChI=1S/C35H36N2O5S/c1-23(39)36-20-26-4-3-5-30(18-26)27-10-12-29(13-11-27)35-41-32(19-34(42-35)28-8-6-25(21-38)7-9-28)22-43-33-16-14-31(15-17-33)37-24(2)40/h3-18,32,34-35,38H,19-22H2,1-2H3,(H,36,39)(H,37,40). The number of ether oxygens (including phenoxy) is 2. The third-order valence-corrected chi connectivity index (χ3v) is 8.35. The summed E-state index contributed by atoms with van der Waals surface area (Å²) in [6, 6.07) is 32.1. The van der Waals surface area contributed by atoms with Crippen LogP contribution in [0.15, 0.2) is 102 Å². The Hall–Kier alpha value is -3.95. The predicted molar refractivity (Wildman–Crippen MR) is 169 cm³/mol. The Morgan fingerprint density at radius 2 is 1.53 bits per heavy atom. The summed E-state index contributed by atoms with van der Waals surface area (Å²) in [4.78, 5) is 23.8. The van der Waals surface area contributed by atoms with E-state index in [4.69, 9.17) is 9.47 Å². The highest BCUT2D eigenvalue weighted by Gasteiger charge is 2.32. The van der Waals surface area contributed by atoms with Gasteiger partial charge in [-0.15, -0.1) is 11.8 Å². The average molecular weight is 597 g/mol. The molecular weight excluding hydrogens is 560 g/mol. The highest BCUT2D eigenvalue weighted by molar-refractivity contribution is 7.99. The van der Waals surface area contributed by atoms with Gasteiger partial charge in [0.2, 0.25) is 11.8 Å². The number of aliphatic hydroxyl groups excluding tert-OH is 1. The minimum absolute atomic E-state index is 0.0000275. The summed E-state index contributed by atoms with van der Waals surface area (Å²) in [6.07, 6.45) is -0.0644. The fourth-order valence-corrected chi connectivity index (χ4v) is 5.89. The lowest BCUT2D eigenvalue weighted by molar-refractivity contribution is -0.245. The quantitative estimate of drug-likeness (QED) is 0.175. The molecule has 5 rings (SSSR count). The Morgan fingerprint density at radius 3 is 2.21 bits per heavy atom. The van der Waals surface area contributed by atoms with E-state index in [1.807, 2.05) is 72.8 Å². The molecule has 222 valence electrons. The van der Waals surface area contributed by atoms with Crippen LogP contribution < -0.4 is 10.6 Å². The van der Waals surface area contributed by atoms with Crippen molar-refractivity contribution in [1.29, 1.82) is 0 Å². The van der Waals surface area contributed by atoms with E-state index >= 15 is 0 Å². The third-order valence-electron chi connectivity index (χ3n) is 7.21. The van der Waals surface area contributed by atoms with Gasteiger partial charge in [0, 0.05) is 48.7 Å². The van der Waals surface area contributed by atoms with E-state index in [0.717, 1.165) is 49.7 Å². The van der Waals surface area contributed by atoms with E-state index in [1.54, 1.807) is 11.8 Å². The number of aliphatic hydroxyl groups is 1. The maximum atomic E-state index is 11.3. The lowest BCUT2D eigenvalue weighted by Gasteiger charge is -2.36. The summed E-state index contributed by atoms with van der Waals surface area (Å²) < 4.78 is 13.0. The first-order valence-corrected chi connectivity index (χ1v) is 15.3.